The number of ether oxygens (including phenoxy) is 1. The number of nitrogens with zero attached hydrogens (tertiary/aromatic N) is 5. The molecule has 26 heavy (non-hydrogen) atoms. The molecule has 0 aliphatic carbocycles. The minimum atomic E-state index is -0.146. The molecule has 0 bridgehead atoms. The third-order valence-corrected chi connectivity index (χ3v) is 4.62. The minimum Gasteiger partial charge on any atom is -0.383 e. The maximum atomic E-state index is 12.9. The summed E-state index contributed by atoms with van der Waals surface area (Å²) in [5.41, 5.74) is 1.26. The molecule has 0 unspecified atom stereocenters. The van der Waals surface area contributed by atoms with E-state index in [0.29, 0.717) is 35.2 Å². The van der Waals surface area contributed by atoms with Gasteiger partial charge in [-0.2, -0.15) is 0 Å². The highest BCUT2D eigenvalue weighted by atomic mass is 32.2. The molecule has 0 N–H and O–H groups in total. The van der Waals surface area contributed by atoms with Crippen molar-refractivity contribution in [1.29, 1.82) is 0 Å². The molecule has 3 aromatic rings. The van der Waals surface area contributed by atoms with Crippen LogP contribution in [0.25, 0.3) is 16.9 Å². The Morgan fingerprint density at radius 2 is 2.00 bits per heavy atom. The van der Waals surface area contributed by atoms with E-state index in [0.717, 1.165) is 5.69 Å². The number of fused-ring (bicyclic) bond motifs is 1. The second-order valence-corrected chi connectivity index (χ2v) is 7.73. The van der Waals surface area contributed by atoms with Gasteiger partial charge in [-0.05, 0) is 18.4 Å². The van der Waals surface area contributed by atoms with Crippen molar-refractivity contribution >= 4 is 22.8 Å². The van der Waals surface area contributed by atoms with Gasteiger partial charge in [0.25, 0.3) is 5.56 Å². The highest BCUT2D eigenvalue weighted by Crippen LogP contribution is 2.22. The molecule has 0 spiro atoms. The molecule has 3 rings (SSSR count). The van der Waals surface area contributed by atoms with Crippen LogP contribution in [0.1, 0.15) is 26.5 Å². The number of methoxy groups -OCH3 is 1. The quantitative estimate of drug-likeness (QED) is 0.506. The van der Waals surface area contributed by atoms with Crippen LogP contribution in [0.2, 0.25) is 0 Å². The maximum Gasteiger partial charge on any atom is 0.278 e. The van der Waals surface area contributed by atoms with Crippen molar-refractivity contribution in [2.24, 2.45) is 0 Å². The van der Waals surface area contributed by atoms with Crippen molar-refractivity contribution in [2.45, 2.75) is 37.9 Å². The standard InChI is InChI=1S/C18H23N5O2S/c1-18(2,3)13-7-6-8-14(20-13)23-15-12(11-19-17(21-15)26-5)16(24)22(23)9-10-25-4/h6-8,11H,9-10H2,1-5H3. The van der Waals surface area contributed by atoms with Gasteiger partial charge in [0.15, 0.2) is 16.6 Å². The van der Waals surface area contributed by atoms with Gasteiger partial charge in [0.1, 0.15) is 5.39 Å². The molecule has 0 aliphatic rings. The Bertz CT molecular complexity index is 987. The molecular weight excluding hydrogens is 350 g/mol. The van der Waals surface area contributed by atoms with Crippen LogP contribution in [0.3, 0.4) is 0 Å². The average molecular weight is 373 g/mol. The molecule has 3 heterocycles. The van der Waals surface area contributed by atoms with Gasteiger partial charge >= 0.3 is 0 Å². The lowest BCUT2D eigenvalue weighted by atomic mass is 9.92. The number of pyridine rings is 1. The van der Waals surface area contributed by atoms with E-state index >= 15 is 0 Å². The van der Waals surface area contributed by atoms with Crippen LogP contribution in [-0.4, -0.2) is 44.3 Å². The van der Waals surface area contributed by atoms with Crippen molar-refractivity contribution < 1.29 is 4.74 Å². The SMILES string of the molecule is COCCn1c(=O)c2cnc(SC)nc2n1-c1cccc(C(C)(C)C)n1. The Morgan fingerprint density at radius 3 is 2.65 bits per heavy atom. The fourth-order valence-corrected chi connectivity index (χ4v) is 3.02. The van der Waals surface area contributed by atoms with Crippen molar-refractivity contribution in [3.05, 3.63) is 40.4 Å². The summed E-state index contributed by atoms with van der Waals surface area (Å²) in [6.45, 7) is 7.15. The van der Waals surface area contributed by atoms with Crippen molar-refractivity contribution in [2.75, 3.05) is 20.0 Å². The van der Waals surface area contributed by atoms with Gasteiger partial charge in [-0.3, -0.25) is 4.79 Å². The Labute approximate surface area is 156 Å². The number of rotatable bonds is 5. The van der Waals surface area contributed by atoms with Crippen molar-refractivity contribution in [3.8, 4) is 5.82 Å². The molecule has 0 amide bonds. The van der Waals surface area contributed by atoms with E-state index in [9.17, 15) is 4.79 Å². The van der Waals surface area contributed by atoms with Gasteiger partial charge in [-0.25, -0.2) is 24.3 Å². The molecule has 138 valence electrons. The Balaban J connectivity index is 2.30. The lowest BCUT2D eigenvalue weighted by Gasteiger charge is -2.19. The Hall–Kier alpha value is -2.19. The lowest BCUT2D eigenvalue weighted by Crippen LogP contribution is -2.25. The van der Waals surface area contributed by atoms with E-state index in [2.05, 4.69) is 30.7 Å². The topological polar surface area (TPSA) is 74.8 Å². The second kappa shape index (κ2) is 7.20. The molecule has 7 nitrogen and oxygen atoms in total. The van der Waals surface area contributed by atoms with Gasteiger partial charge in [0.05, 0.1) is 13.2 Å². The zero-order chi connectivity index (χ0) is 18.9. The summed E-state index contributed by atoms with van der Waals surface area (Å²) >= 11 is 1.44. The van der Waals surface area contributed by atoms with Gasteiger partial charge in [-0.15, -0.1) is 0 Å². The number of hydrogen-bond acceptors (Lipinski definition) is 6. The van der Waals surface area contributed by atoms with Crippen LogP contribution < -0.4 is 5.56 Å². The van der Waals surface area contributed by atoms with Gasteiger partial charge in [0.2, 0.25) is 0 Å². The third-order valence-electron chi connectivity index (χ3n) is 4.06. The van der Waals surface area contributed by atoms with E-state index in [4.69, 9.17) is 9.72 Å². The molecule has 0 atom stereocenters. The lowest BCUT2D eigenvalue weighted by molar-refractivity contribution is 0.180. The summed E-state index contributed by atoms with van der Waals surface area (Å²) in [7, 11) is 1.61. The van der Waals surface area contributed by atoms with E-state index in [1.165, 1.54) is 11.8 Å². The van der Waals surface area contributed by atoms with Gasteiger partial charge in [0, 0.05) is 24.4 Å². The van der Waals surface area contributed by atoms with Crippen LogP contribution in [0, 0.1) is 0 Å². The first kappa shape index (κ1) is 18.6. The third kappa shape index (κ3) is 3.39. The van der Waals surface area contributed by atoms with E-state index in [-0.39, 0.29) is 11.0 Å². The molecule has 0 aliphatic heterocycles. The van der Waals surface area contributed by atoms with Crippen LogP contribution in [-0.2, 0) is 16.7 Å². The zero-order valence-corrected chi connectivity index (χ0v) is 16.5. The molecule has 3 aromatic heterocycles. The minimum absolute atomic E-state index is 0.101. The molecule has 8 heteroatoms. The highest BCUT2D eigenvalue weighted by molar-refractivity contribution is 7.98. The fraction of sp³-hybridized carbons (Fsp3) is 0.444. The average Bonchev–Trinajstić information content (AvgIpc) is 2.90. The molecular formula is C18H23N5O2S. The van der Waals surface area contributed by atoms with Crippen molar-refractivity contribution in [3.63, 3.8) is 0 Å². The number of aromatic nitrogens is 5. The maximum absolute atomic E-state index is 12.9. The first-order valence-corrected chi connectivity index (χ1v) is 9.58. The summed E-state index contributed by atoms with van der Waals surface area (Å²) in [5, 5.41) is 1.09. The zero-order valence-electron chi connectivity index (χ0n) is 15.7. The smallest absolute Gasteiger partial charge is 0.278 e. The van der Waals surface area contributed by atoms with E-state index in [1.54, 1.807) is 22.7 Å². The van der Waals surface area contributed by atoms with Gasteiger partial charge < -0.3 is 4.74 Å². The Kier molecular flexibility index (Phi) is 5.15. The van der Waals surface area contributed by atoms with Crippen molar-refractivity contribution in [1.82, 2.24) is 24.3 Å². The predicted octanol–water partition coefficient (Wildman–Crippen LogP) is 2.64. The normalized spacial score (nSPS) is 12.0. The summed E-state index contributed by atoms with van der Waals surface area (Å²) in [6.07, 6.45) is 3.49. The summed E-state index contributed by atoms with van der Waals surface area (Å²) in [6, 6.07) is 5.84. The van der Waals surface area contributed by atoms with Crippen LogP contribution in [0.5, 0.6) is 0 Å². The van der Waals surface area contributed by atoms with E-state index in [1.807, 2.05) is 24.5 Å². The highest BCUT2D eigenvalue weighted by Gasteiger charge is 2.20. The molecule has 0 aromatic carbocycles. The summed E-state index contributed by atoms with van der Waals surface area (Å²) < 4.78 is 8.56. The second-order valence-electron chi connectivity index (χ2n) is 6.96. The van der Waals surface area contributed by atoms with E-state index < -0.39 is 0 Å². The summed E-state index contributed by atoms with van der Waals surface area (Å²) in [4.78, 5) is 26.5. The first-order chi connectivity index (χ1) is 12.4. The number of thioether (sulfide) groups is 1. The molecule has 0 radical (unpaired) electrons. The van der Waals surface area contributed by atoms with Crippen LogP contribution in [0.4, 0.5) is 0 Å². The predicted molar refractivity (Wildman–Crippen MR) is 103 cm³/mol. The first-order valence-electron chi connectivity index (χ1n) is 8.36. The Morgan fingerprint density at radius 1 is 1.23 bits per heavy atom. The molecule has 0 fully saturated rings. The molecule has 0 saturated carbocycles. The monoisotopic (exact) mass is 373 g/mol. The largest absolute Gasteiger partial charge is 0.383 e. The molecule has 0 saturated heterocycles. The summed E-state index contributed by atoms with van der Waals surface area (Å²) in [5.74, 6) is 0.659. The fourth-order valence-electron chi connectivity index (χ4n) is 2.68. The van der Waals surface area contributed by atoms with Gasteiger partial charge in [-0.1, -0.05) is 38.6 Å². The van der Waals surface area contributed by atoms with Crippen LogP contribution >= 0.6 is 11.8 Å². The number of hydrogen-bond donors (Lipinski definition) is 0. The van der Waals surface area contributed by atoms with Crippen LogP contribution in [0.15, 0.2) is 34.3 Å².